The molecule has 106 valence electrons. The molecule has 0 atom stereocenters. The molecule has 0 aliphatic carbocycles. The number of nitrogens with one attached hydrogen (secondary N) is 1. The minimum Gasteiger partial charge on any atom is -0.361 e. The molecule has 1 aromatic carbocycles. The fourth-order valence-corrected chi connectivity index (χ4v) is 2.06. The second kappa shape index (κ2) is 6.32. The Morgan fingerprint density at radius 1 is 1.35 bits per heavy atom. The average molecular weight is 276 g/mol. The van der Waals surface area contributed by atoms with Gasteiger partial charge in [0.25, 0.3) is 0 Å². The van der Waals surface area contributed by atoms with Gasteiger partial charge in [0.2, 0.25) is 5.91 Å². The Bertz CT molecular complexity index is 588. The molecule has 4 nitrogen and oxygen atoms in total. The first-order chi connectivity index (χ1) is 9.58. The highest BCUT2D eigenvalue weighted by Crippen LogP contribution is 2.12. The summed E-state index contributed by atoms with van der Waals surface area (Å²) in [5, 5.41) is 6.63. The highest BCUT2D eigenvalue weighted by Gasteiger charge is 2.10. The first-order valence-electron chi connectivity index (χ1n) is 6.49. The number of carbonyl (C=O) groups excluding carboxylic acids is 1. The number of hydrogen-bond acceptors (Lipinski definition) is 3. The second-order valence-electron chi connectivity index (χ2n) is 4.67. The van der Waals surface area contributed by atoms with E-state index in [1.54, 1.807) is 18.2 Å². The highest BCUT2D eigenvalue weighted by molar-refractivity contribution is 5.78. The summed E-state index contributed by atoms with van der Waals surface area (Å²) >= 11 is 0. The van der Waals surface area contributed by atoms with E-state index in [2.05, 4.69) is 10.5 Å². The number of benzene rings is 1. The van der Waals surface area contributed by atoms with Crippen LogP contribution in [0.15, 0.2) is 28.8 Å². The number of aryl methyl sites for hydroxylation is 2. The number of nitrogens with zero attached hydrogens (tertiary/aromatic N) is 1. The van der Waals surface area contributed by atoms with E-state index in [0.29, 0.717) is 18.5 Å². The minimum absolute atomic E-state index is 0.0499. The van der Waals surface area contributed by atoms with Gasteiger partial charge in [-0.15, -0.1) is 0 Å². The largest absolute Gasteiger partial charge is 0.361 e. The van der Waals surface area contributed by atoms with Crippen LogP contribution in [0, 0.1) is 19.7 Å². The van der Waals surface area contributed by atoms with Crippen molar-refractivity contribution in [1.82, 2.24) is 10.5 Å². The molecule has 1 heterocycles. The summed E-state index contributed by atoms with van der Waals surface area (Å²) in [6, 6.07) is 6.29. The number of halogens is 1. The monoisotopic (exact) mass is 276 g/mol. The molecule has 0 spiro atoms. The molecule has 2 aromatic rings. The van der Waals surface area contributed by atoms with Gasteiger partial charge < -0.3 is 9.84 Å². The third-order valence-corrected chi connectivity index (χ3v) is 3.19. The van der Waals surface area contributed by atoms with Crippen LogP contribution in [0.1, 0.15) is 22.6 Å². The third kappa shape index (κ3) is 3.44. The van der Waals surface area contributed by atoms with E-state index < -0.39 is 0 Å². The van der Waals surface area contributed by atoms with Crippen LogP contribution in [0.25, 0.3) is 0 Å². The number of carbonyl (C=O) groups is 1. The lowest BCUT2D eigenvalue weighted by Gasteiger charge is -2.06. The topological polar surface area (TPSA) is 55.1 Å². The van der Waals surface area contributed by atoms with Crippen molar-refractivity contribution >= 4 is 5.91 Å². The predicted octanol–water partition coefficient (Wildman–Crippen LogP) is 2.33. The Balaban J connectivity index is 1.83. The smallest absolute Gasteiger partial charge is 0.224 e. The van der Waals surface area contributed by atoms with E-state index in [-0.39, 0.29) is 18.1 Å². The molecule has 0 saturated heterocycles. The van der Waals surface area contributed by atoms with Crippen molar-refractivity contribution in [2.24, 2.45) is 0 Å². The molecule has 0 saturated carbocycles. The summed E-state index contributed by atoms with van der Waals surface area (Å²) in [5.41, 5.74) is 2.25. The Labute approximate surface area is 117 Å². The molecule has 1 N–H and O–H groups in total. The summed E-state index contributed by atoms with van der Waals surface area (Å²) < 4.78 is 18.5. The van der Waals surface area contributed by atoms with Gasteiger partial charge in [-0.25, -0.2) is 4.39 Å². The number of hydrogen-bond donors (Lipinski definition) is 1. The van der Waals surface area contributed by atoms with Gasteiger partial charge in [0.15, 0.2) is 0 Å². The summed E-state index contributed by atoms with van der Waals surface area (Å²) in [4.78, 5) is 11.7. The van der Waals surface area contributed by atoms with Crippen molar-refractivity contribution in [3.63, 3.8) is 0 Å². The van der Waals surface area contributed by atoms with Gasteiger partial charge in [-0.05, 0) is 31.9 Å². The van der Waals surface area contributed by atoms with Gasteiger partial charge in [0.05, 0.1) is 12.1 Å². The van der Waals surface area contributed by atoms with Crippen LogP contribution in [0.2, 0.25) is 0 Å². The normalized spacial score (nSPS) is 10.6. The van der Waals surface area contributed by atoms with Crippen LogP contribution >= 0.6 is 0 Å². The molecular formula is C15H17FN2O2. The standard InChI is InChI=1S/C15H17FN2O2/c1-10-13(11(2)20-18-10)7-8-17-15(19)9-12-5-3-4-6-14(12)16/h3-6H,7-9H2,1-2H3,(H,17,19). The van der Waals surface area contributed by atoms with Crippen LogP contribution in [0.4, 0.5) is 4.39 Å². The first-order valence-corrected chi connectivity index (χ1v) is 6.49. The maximum atomic E-state index is 13.4. The summed E-state index contributed by atoms with van der Waals surface area (Å²) in [7, 11) is 0. The van der Waals surface area contributed by atoms with Crippen molar-refractivity contribution in [2.45, 2.75) is 26.7 Å². The van der Waals surface area contributed by atoms with E-state index in [4.69, 9.17) is 4.52 Å². The number of aromatic nitrogens is 1. The molecule has 0 fully saturated rings. The third-order valence-electron chi connectivity index (χ3n) is 3.19. The van der Waals surface area contributed by atoms with E-state index in [0.717, 1.165) is 17.0 Å². The number of rotatable bonds is 5. The molecular weight excluding hydrogens is 259 g/mol. The zero-order chi connectivity index (χ0) is 14.5. The zero-order valence-corrected chi connectivity index (χ0v) is 11.6. The van der Waals surface area contributed by atoms with Gasteiger partial charge in [0.1, 0.15) is 11.6 Å². The molecule has 0 bridgehead atoms. The molecule has 0 radical (unpaired) electrons. The molecule has 0 aliphatic rings. The SMILES string of the molecule is Cc1noc(C)c1CCNC(=O)Cc1ccccc1F. The molecule has 5 heteroatoms. The maximum absolute atomic E-state index is 13.4. The van der Waals surface area contributed by atoms with E-state index in [9.17, 15) is 9.18 Å². The molecule has 1 aromatic heterocycles. The van der Waals surface area contributed by atoms with Gasteiger partial charge >= 0.3 is 0 Å². The van der Waals surface area contributed by atoms with Gasteiger partial charge in [-0.2, -0.15) is 0 Å². The summed E-state index contributed by atoms with van der Waals surface area (Å²) in [6.07, 6.45) is 0.707. The Morgan fingerprint density at radius 2 is 2.10 bits per heavy atom. The van der Waals surface area contributed by atoms with Crippen LogP contribution < -0.4 is 5.32 Å². The van der Waals surface area contributed by atoms with Crippen molar-refractivity contribution in [2.75, 3.05) is 6.54 Å². The summed E-state index contributed by atoms with van der Waals surface area (Å²) in [5.74, 6) is 0.223. The molecule has 0 unspecified atom stereocenters. The lowest BCUT2D eigenvalue weighted by atomic mass is 10.1. The zero-order valence-electron chi connectivity index (χ0n) is 11.6. The maximum Gasteiger partial charge on any atom is 0.224 e. The molecule has 2 rings (SSSR count). The minimum atomic E-state index is -0.353. The Morgan fingerprint density at radius 3 is 2.75 bits per heavy atom. The molecule has 1 amide bonds. The lowest BCUT2D eigenvalue weighted by molar-refractivity contribution is -0.120. The second-order valence-corrected chi connectivity index (χ2v) is 4.67. The van der Waals surface area contributed by atoms with Crippen LogP contribution in [0.5, 0.6) is 0 Å². The van der Waals surface area contributed by atoms with Gasteiger partial charge in [-0.1, -0.05) is 23.4 Å². The highest BCUT2D eigenvalue weighted by atomic mass is 19.1. The predicted molar refractivity (Wildman–Crippen MR) is 72.8 cm³/mol. The van der Waals surface area contributed by atoms with Crippen molar-refractivity contribution < 1.29 is 13.7 Å². The Hall–Kier alpha value is -2.17. The van der Waals surface area contributed by atoms with E-state index in [1.165, 1.54) is 6.07 Å². The van der Waals surface area contributed by atoms with Crippen molar-refractivity contribution in [1.29, 1.82) is 0 Å². The van der Waals surface area contributed by atoms with Crippen LogP contribution in [-0.2, 0) is 17.6 Å². The average Bonchev–Trinajstić information content (AvgIpc) is 2.73. The first kappa shape index (κ1) is 14.2. The number of amides is 1. The van der Waals surface area contributed by atoms with Crippen LogP contribution in [-0.4, -0.2) is 17.6 Å². The van der Waals surface area contributed by atoms with E-state index >= 15 is 0 Å². The van der Waals surface area contributed by atoms with Crippen molar-refractivity contribution in [3.8, 4) is 0 Å². The molecule has 0 aliphatic heterocycles. The Kier molecular flexibility index (Phi) is 4.50. The van der Waals surface area contributed by atoms with Gasteiger partial charge in [-0.3, -0.25) is 4.79 Å². The fraction of sp³-hybridized carbons (Fsp3) is 0.333. The fourth-order valence-electron chi connectivity index (χ4n) is 2.06. The quantitative estimate of drug-likeness (QED) is 0.912. The molecule has 20 heavy (non-hydrogen) atoms. The van der Waals surface area contributed by atoms with Crippen LogP contribution in [0.3, 0.4) is 0 Å². The van der Waals surface area contributed by atoms with Crippen molar-refractivity contribution in [3.05, 3.63) is 52.7 Å². The van der Waals surface area contributed by atoms with E-state index in [1.807, 2.05) is 13.8 Å². The lowest BCUT2D eigenvalue weighted by Crippen LogP contribution is -2.27. The summed E-state index contributed by atoms with van der Waals surface area (Å²) in [6.45, 7) is 4.19. The van der Waals surface area contributed by atoms with Gasteiger partial charge in [0, 0.05) is 12.1 Å².